The van der Waals surface area contributed by atoms with Crippen LogP contribution in [0.15, 0.2) is 43.5 Å². The third-order valence-electron chi connectivity index (χ3n) is 4.40. The van der Waals surface area contributed by atoms with Crippen molar-refractivity contribution < 1.29 is 14.5 Å². The Bertz CT molecular complexity index is 932. The van der Waals surface area contributed by atoms with Gasteiger partial charge in [0.2, 0.25) is 0 Å². The molecule has 0 saturated carbocycles. The second-order valence-corrected chi connectivity index (χ2v) is 6.41. The van der Waals surface area contributed by atoms with Crippen molar-refractivity contribution in [2.45, 2.75) is 19.3 Å². The van der Waals surface area contributed by atoms with Crippen LogP contribution < -0.4 is 4.74 Å². The minimum Gasteiger partial charge on any atom is -0.423 e. The van der Waals surface area contributed by atoms with Crippen molar-refractivity contribution in [3.63, 3.8) is 0 Å². The summed E-state index contributed by atoms with van der Waals surface area (Å²) in [4.78, 5) is 22.7. The van der Waals surface area contributed by atoms with Crippen LogP contribution in [0.3, 0.4) is 0 Å². The highest BCUT2D eigenvalue weighted by atomic mass is 35.5. The van der Waals surface area contributed by atoms with E-state index in [0.717, 1.165) is 41.5 Å². The van der Waals surface area contributed by atoms with Gasteiger partial charge in [-0.25, -0.2) is 4.79 Å². The largest absolute Gasteiger partial charge is 0.423 e. The first-order valence-corrected chi connectivity index (χ1v) is 8.42. The highest BCUT2D eigenvalue weighted by Crippen LogP contribution is 2.40. The summed E-state index contributed by atoms with van der Waals surface area (Å²) < 4.78 is 5.59. The van der Waals surface area contributed by atoms with Crippen LogP contribution in [0.5, 0.6) is 5.75 Å². The second-order valence-electron chi connectivity index (χ2n) is 5.95. The zero-order chi connectivity index (χ0) is 18.8. The molecule has 0 aliphatic heterocycles. The number of carbonyl (C=O) groups is 1. The smallest absolute Gasteiger partial charge is 0.343 e. The number of fused-ring (bicyclic) bond motifs is 1. The maximum absolute atomic E-state index is 12.5. The number of rotatable bonds is 5. The fourth-order valence-corrected chi connectivity index (χ4v) is 3.44. The SMILES string of the molecule is C=Cc1cc(OC(=O)c2ccc([N+](=O)[O-])cc2)c2c(c1C(=C)Cl)CCC2. The van der Waals surface area contributed by atoms with Gasteiger partial charge in [0.15, 0.2) is 0 Å². The van der Waals surface area contributed by atoms with E-state index < -0.39 is 10.9 Å². The van der Waals surface area contributed by atoms with Crippen LogP contribution in [0, 0.1) is 10.1 Å². The summed E-state index contributed by atoms with van der Waals surface area (Å²) in [7, 11) is 0. The summed E-state index contributed by atoms with van der Waals surface area (Å²) in [5.74, 6) is -0.0983. The Kier molecular flexibility index (Phi) is 4.91. The van der Waals surface area contributed by atoms with Crippen LogP contribution >= 0.6 is 11.6 Å². The van der Waals surface area contributed by atoms with E-state index in [9.17, 15) is 14.9 Å². The van der Waals surface area contributed by atoms with Crippen molar-refractivity contribution in [3.8, 4) is 5.75 Å². The average molecular weight is 370 g/mol. The molecule has 5 nitrogen and oxygen atoms in total. The zero-order valence-corrected chi connectivity index (χ0v) is 14.7. The van der Waals surface area contributed by atoms with Crippen molar-refractivity contribution in [1.82, 2.24) is 0 Å². The predicted molar refractivity (Wildman–Crippen MR) is 101 cm³/mol. The van der Waals surface area contributed by atoms with Crippen LogP contribution in [-0.4, -0.2) is 10.9 Å². The van der Waals surface area contributed by atoms with Gasteiger partial charge in [-0.1, -0.05) is 30.8 Å². The van der Waals surface area contributed by atoms with Gasteiger partial charge < -0.3 is 4.74 Å². The maximum atomic E-state index is 12.5. The molecule has 0 radical (unpaired) electrons. The van der Waals surface area contributed by atoms with Crippen molar-refractivity contribution in [3.05, 3.63) is 81.4 Å². The van der Waals surface area contributed by atoms with Gasteiger partial charge in [-0.15, -0.1) is 0 Å². The number of nitrogens with zero attached hydrogens (tertiary/aromatic N) is 1. The molecule has 2 aromatic rings. The standard InChI is InChI=1S/C20H16ClNO4/c1-3-13-11-18(16-5-4-6-17(16)19(13)12(2)21)26-20(23)14-7-9-15(10-8-14)22(24)25/h3,7-11H,1-2,4-6H2. The summed E-state index contributed by atoms with van der Waals surface area (Å²) >= 11 is 6.16. The molecule has 132 valence electrons. The lowest BCUT2D eigenvalue weighted by Gasteiger charge is -2.16. The Morgan fingerprint density at radius 1 is 1.23 bits per heavy atom. The summed E-state index contributed by atoms with van der Waals surface area (Å²) in [5, 5.41) is 11.2. The van der Waals surface area contributed by atoms with E-state index in [1.807, 2.05) is 0 Å². The fourth-order valence-electron chi connectivity index (χ4n) is 3.22. The van der Waals surface area contributed by atoms with Crippen LogP contribution in [0.1, 0.15) is 39.0 Å². The van der Waals surface area contributed by atoms with Gasteiger partial charge in [0.1, 0.15) is 5.75 Å². The van der Waals surface area contributed by atoms with Crippen molar-refractivity contribution in [2.24, 2.45) is 0 Å². The molecule has 0 saturated heterocycles. The molecule has 0 aromatic heterocycles. The molecule has 1 aliphatic rings. The molecule has 1 aliphatic carbocycles. The summed E-state index contributed by atoms with van der Waals surface area (Å²) in [5.41, 5.74) is 3.76. The first-order chi connectivity index (χ1) is 12.4. The lowest BCUT2D eigenvalue weighted by Crippen LogP contribution is -2.11. The number of benzene rings is 2. The number of nitro benzene ring substituents is 1. The molecular weight excluding hydrogens is 354 g/mol. The maximum Gasteiger partial charge on any atom is 0.343 e. The van der Waals surface area contributed by atoms with Crippen molar-refractivity contribution in [1.29, 1.82) is 0 Å². The van der Waals surface area contributed by atoms with Crippen LogP contribution in [0.4, 0.5) is 5.69 Å². The first-order valence-electron chi connectivity index (χ1n) is 8.05. The number of nitro groups is 1. The lowest BCUT2D eigenvalue weighted by atomic mass is 9.96. The van der Waals surface area contributed by atoms with Gasteiger partial charge in [0.05, 0.1) is 10.5 Å². The monoisotopic (exact) mass is 369 g/mol. The summed E-state index contributed by atoms with van der Waals surface area (Å²) in [6.45, 7) is 7.63. The van der Waals surface area contributed by atoms with E-state index in [0.29, 0.717) is 10.8 Å². The molecule has 0 fully saturated rings. The summed E-state index contributed by atoms with van der Waals surface area (Å²) in [6.07, 6.45) is 4.22. The van der Waals surface area contributed by atoms with Crippen LogP contribution in [0.25, 0.3) is 11.1 Å². The van der Waals surface area contributed by atoms with E-state index in [1.165, 1.54) is 24.3 Å². The van der Waals surface area contributed by atoms with E-state index in [1.54, 1.807) is 12.1 Å². The molecule has 2 aromatic carbocycles. The molecule has 0 N–H and O–H groups in total. The number of ether oxygens (including phenoxy) is 1. The second kappa shape index (κ2) is 7.14. The Labute approximate surface area is 155 Å². The lowest BCUT2D eigenvalue weighted by molar-refractivity contribution is -0.384. The Morgan fingerprint density at radius 2 is 1.88 bits per heavy atom. The Morgan fingerprint density at radius 3 is 2.46 bits per heavy atom. The van der Waals surface area contributed by atoms with Crippen molar-refractivity contribution in [2.75, 3.05) is 0 Å². The van der Waals surface area contributed by atoms with Crippen molar-refractivity contribution >= 4 is 34.4 Å². The number of carbonyl (C=O) groups excluding carboxylic acids is 1. The van der Waals surface area contributed by atoms with Crippen LogP contribution in [-0.2, 0) is 12.8 Å². The topological polar surface area (TPSA) is 69.4 Å². The Hall–Kier alpha value is -2.92. The molecule has 6 heteroatoms. The quantitative estimate of drug-likeness (QED) is 0.316. The Balaban J connectivity index is 1.96. The molecular formula is C20H16ClNO4. The van der Waals surface area contributed by atoms with Gasteiger partial charge in [-0.2, -0.15) is 0 Å². The van der Waals surface area contributed by atoms with E-state index in [2.05, 4.69) is 13.2 Å². The number of esters is 1. The molecule has 0 atom stereocenters. The summed E-state index contributed by atoms with van der Waals surface area (Å²) in [6, 6.07) is 7.05. The third-order valence-corrected chi connectivity index (χ3v) is 4.59. The van der Waals surface area contributed by atoms with E-state index >= 15 is 0 Å². The average Bonchev–Trinajstić information content (AvgIpc) is 3.10. The number of non-ortho nitro benzene ring substituents is 1. The number of hydrogen-bond donors (Lipinski definition) is 0. The minimum absolute atomic E-state index is 0.0821. The molecule has 0 heterocycles. The van der Waals surface area contributed by atoms with Gasteiger partial charge >= 0.3 is 5.97 Å². The number of halogens is 1. The molecule has 3 rings (SSSR count). The van der Waals surface area contributed by atoms with Gasteiger partial charge in [-0.3, -0.25) is 10.1 Å². The highest BCUT2D eigenvalue weighted by molar-refractivity contribution is 6.48. The highest BCUT2D eigenvalue weighted by Gasteiger charge is 2.24. The molecule has 26 heavy (non-hydrogen) atoms. The molecule has 0 unspecified atom stereocenters. The normalized spacial score (nSPS) is 12.3. The number of hydrogen-bond acceptors (Lipinski definition) is 4. The minimum atomic E-state index is -0.568. The van der Waals surface area contributed by atoms with E-state index in [4.69, 9.17) is 16.3 Å². The van der Waals surface area contributed by atoms with Gasteiger partial charge in [-0.05, 0) is 54.2 Å². The van der Waals surface area contributed by atoms with Crippen LogP contribution in [0.2, 0.25) is 0 Å². The van der Waals surface area contributed by atoms with E-state index in [-0.39, 0.29) is 11.3 Å². The third kappa shape index (κ3) is 3.26. The van der Waals surface area contributed by atoms with Gasteiger partial charge in [0.25, 0.3) is 5.69 Å². The molecule has 0 spiro atoms. The fraction of sp³-hybridized carbons (Fsp3) is 0.150. The van der Waals surface area contributed by atoms with Gasteiger partial charge in [0, 0.05) is 22.7 Å². The molecule has 0 amide bonds. The predicted octanol–water partition coefficient (Wildman–Crippen LogP) is 5.16. The molecule has 0 bridgehead atoms. The zero-order valence-electron chi connectivity index (χ0n) is 14.0. The first kappa shape index (κ1) is 17.9.